The molecular formula is C16H21N3O. The third kappa shape index (κ3) is 3.58. The first-order valence-corrected chi connectivity index (χ1v) is 7.12. The van der Waals surface area contributed by atoms with E-state index in [1.807, 2.05) is 29.2 Å². The fraction of sp³-hybridized carbons (Fsp3) is 0.500. The summed E-state index contributed by atoms with van der Waals surface area (Å²) in [5.74, 6) is 0.170. The quantitative estimate of drug-likeness (QED) is 0.917. The number of piperidine rings is 1. The van der Waals surface area contributed by atoms with E-state index >= 15 is 0 Å². The van der Waals surface area contributed by atoms with Crippen LogP contribution < -0.4 is 5.32 Å². The van der Waals surface area contributed by atoms with E-state index in [0.717, 1.165) is 25.9 Å². The summed E-state index contributed by atoms with van der Waals surface area (Å²) in [6, 6.07) is 10.6. The molecule has 1 atom stereocenters. The number of nitriles is 1. The Bertz CT molecular complexity index is 495. The van der Waals surface area contributed by atoms with E-state index in [2.05, 4.69) is 18.3 Å². The van der Waals surface area contributed by atoms with E-state index in [1.165, 1.54) is 5.56 Å². The molecule has 4 nitrogen and oxygen atoms in total. The van der Waals surface area contributed by atoms with Crippen LogP contribution in [0.2, 0.25) is 0 Å². The Balaban J connectivity index is 1.87. The van der Waals surface area contributed by atoms with Crippen molar-refractivity contribution < 1.29 is 4.79 Å². The first-order valence-electron chi connectivity index (χ1n) is 7.12. The minimum atomic E-state index is 0.170. The zero-order valence-electron chi connectivity index (χ0n) is 12.1. The van der Waals surface area contributed by atoms with Gasteiger partial charge in [0.05, 0.1) is 11.6 Å². The Labute approximate surface area is 120 Å². The smallest absolute Gasteiger partial charge is 0.219 e. The van der Waals surface area contributed by atoms with E-state index in [-0.39, 0.29) is 11.9 Å². The number of hydrogen-bond acceptors (Lipinski definition) is 3. The second kappa shape index (κ2) is 6.53. The van der Waals surface area contributed by atoms with E-state index in [9.17, 15) is 4.79 Å². The van der Waals surface area contributed by atoms with Gasteiger partial charge in [-0.1, -0.05) is 12.1 Å². The lowest BCUT2D eigenvalue weighted by atomic mass is 10.0. The van der Waals surface area contributed by atoms with Crippen molar-refractivity contribution in [2.45, 2.75) is 38.8 Å². The molecule has 4 heteroatoms. The molecule has 0 radical (unpaired) electrons. The van der Waals surface area contributed by atoms with Crippen LogP contribution in [0.4, 0.5) is 0 Å². The number of amides is 1. The maximum atomic E-state index is 11.3. The second-order valence-corrected chi connectivity index (χ2v) is 5.40. The van der Waals surface area contributed by atoms with Gasteiger partial charge >= 0.3 is 0 Å². The normalized spacial score (nSPS) is 17.6. The molecule has 1 aromatic rings. The summed E-state index contributed by atoms with van der Waals surface area (Å²) < 4.78 is 0. The number of likely N-dealkylation sites (tertiary alicyclic amines) is 1. The van der Waals surface area contributed by atoms with E-state index in [4.69, 9.17) is 5.26 Å². The van der Waals surface area contributed by atoms with Crippen molar-refractivity contribution >= 4 is 5.91 Å². The van der Waals surface area contributed by atoms with Crippen molar-refractivity contribution in [2.24, 2.45) is 0 Å². The number of benzene rings is 1. The van der Waals surface area contributed by atoms with Crippen LogP contribution in [-0.2, 0) is 4.79 Å². The molecule has 0 bridgehead atoms. The van der Waals surface area contributed by atoms with E-state index < -0.39 is 0 Å². The molecule has 1 saturated heterocycles. The molecule has 1 fully saturated rings. The number of nitrogens with zero attached hydrogens (tertiary/aromatic N) is 2. The summed E-state index contributed by atoms with van der Waals surface area (Å²) in [4.78, 5) is 13.2. The van der Waals surface area contributed by atoms with Crippen molar-refractivity contribution in [1.29, 1.82) is 5.26 Å². The van der Waals surface area contributed by atoms with Gasteiger partial charge in [-0.05, 0) is 37.5 Å². The molecule has 1 heterocycles. The third-order valence-corrected chi connectivity index (χ3v) is 3.97. The molecule has 1 aliphatic rings. The predicted molar refractivity (Wildman–Crippen MR) is 78.0 cm³/mol. The monoisotopic (exact) mass is 271 g/mol. The van der Waals surface area contributed by atoms with Gasteiger partial charge in [0.2, 0.25) is 5.91 Å². The SMILES string of the molecule is CC(=O)N1CCC(NC(C)c2ccc(C#N)cc2)CC1. The molecule has 2 rings (SSSR count). The van der Waals surface area contributed by atoms with Crippen LogP contribution in [0.15, 0.2) is 24.3 Å². The van der Waals surface area contributed by atoms with Crippen molar-refractivity contribution in [3.05, 3.63) is 35.4 Å². The van der Waals surface area contributed by atoms with Gasteiger partial charge < -0.3 is 10.2 Å². The van der Waals surface area contributed by atoms with Gasteiger partial charge in [-0.15, -0.1) is 0 Å². The molecule has 0 spiro atoms. The summed E-state index contributed by atoms with van der Waals surface area (Å²) in [7, 11) is 0. The molecular weight excluding hydrogens is 250 g/mol. The van der Waals surface area contributed by atoms with Crippen molar-refractivity contribution in [1.82, 2.24) is 10.2 Å². The Morgan fingerprint density at radius 3 is 2.45 bits per heavy atom. The second-order valence-electron chi connectivity index (χ2n) is 5.40. The van der Waals surface area contributed by atoms with Gasteiger partial charge in [0.1, 0.15) is 0 Å². The highest BCUT2D eigenvalue weighted by Crippen LogP contribution is 2.18. The minimum absolute atomic E-state index is 0.170. The van der Waals surface area contributed by atoms with Crippen molar-refractivity contribution in [3.63, 3.8) is 0 Å². The van der Waals surface area contributed by atoms with E-state index in [1.54, 1.807) is 6.92 Å². The van der Waals surface area contributed by atoms with Crippen molar-refractivity contribution in [3.8, 4) is 6.07 Å². The van der Waals surface area contributed by atoms with Crippen LogP contribution in [0, 0.1) is 11.3 Å². The summed E-state index contributed by atoms with van der Waals surface area (Å²) in [5, 5.41) is 12.4. The third-order valence-electron chi connectivity index (χ3n) is 3.97. The Morgan fingerprint density at radius 2 is 1.95 bits per heavy atom. The molecule has 0 saturated carbocycles. The molecule has 0 aliphatic carbocycles. The summed E-state index contributed by atoms with van der Waals surface area (Å²) in [6.07, 6.45) is 2.00. The molecule has 1 aliphatic heterocycles. The number of nitrogens with one attached hydrogen (secondary N) is 1. The zero-order chi connectivity index (χ0) is 14.5. The molecule has 1 amide bonds. The molecule has 1 unspecified atom stereocenters. The van der Waals surface area contributed by atoms with Crippen molar-refractivity contribution in [2.75, 3.05) is 13.1 Å². The van der Waals surface area contributed by atoms with Crippen LogP contribution in [0.3, 0.4) is 0 Å². The highest BCUT2D eigenvalue weighted by molar-refractivity contribution is 5.73. The number of rotatable bonds is 3. The molecule has 0 aromatic heterocycles. The summed E-state index contributed by atoms with van der Waals surface area (Å²) >= 11 is 0. The van der Waals surface area contributed by atoms with Crippen LogP contribution >= 0.6 is 0 Å². The van der Waals surface area contributed by atoms with Gasteiger partial charge in [-0.3, -0.25) is 4.79 Å². The predicted octanol–water partition coefficient (Wildman–Crippen LogP) is 2.22. The Kier molecular flexibility index (Phi) is 4.75. The molecule has 1 N–H and O–H groups in total. The lowest BCUT2D eigenvalue weighted by Gasteiger charge is -2.33. The maximum Gasteiger partial charge on any atom is 0.219 e. The lowest BCUT2D eigenvalue weighted by Crippen LogP contribution is -2.44. The largest absolute Gasteiger partial charge is 0.343 e. The van der Waals surface area contributed by atoms with Crippen LogP contribution in [0.1, 0.15) is 43.9 Å². The first-order chi connectivity index (χ1) is 9.60. The average Bonchev–Trinajstić information content (AvgIpc) is 2.48. The standard InChI is InChI=1S/C16H21N3O/c1-12(15-5-3-14(11-17)4-6-15)18-16-7-9-19(10-8-16)13(2)20/h3-6,12,16,18H,7-10H2,1-2H3. The van der Waals surface area contributed by atoms with Gasteiger partial charge in [-0.25, -0.2) is 0 Å². The molecule has 106 valence electrons. The first kappa shape index (κ1) is 14.5. The highest BCUT2D eigenvalue weighted by atomic mass is 16.2. The molecule has 1 aromatic carbocycles. The van der Waals surface area contributed by atoms with Gasteiger partial charge in [0.25, 0.3) is 0 Å². The summed E-state index contributed by atoms with van der Waals surface area (Å²) in [5.41, 5.74) is 1.88. The van der Waals surface area contributed by atoms with Gasteiger partial charge in [-0.2, -0.15) is 5.26 Å². The number of carbonyl (C=O) groups excluding carboxylic acids is 1. The molecule has 20 heavy (non-hydrogen) atoms. The number of hydrogen-bond donors (Lipinski definition) is 1. The Morgan fingerprint density at radius 1 is 1.35 bits per heavy atom. The fourth-order valence-electron chi connectivity index (χ4n) is 2.66. The van der Waals surface area contributed by atoms with Gasteiger partial charge in [0.15, 0.2) is 0 Å². The van der Waals surface area contributed by atoms with Crippen LogP contribution in [-0.4, -0.2) is 29.9 Å². The maximum absolute atomic E-state index is 11.3. The highest BCUT2D eigenvalue weighted by Gasteiger charge is 2.21. The zero-order valence-corrected chi connectivity index (χ0v) is 12.1. The van der Waals surface area contributed by atoms with Crippen LogP contribution in [0.5, 0.6) is 0 Å². The topological polar surface area (TPSA) is 56.1 Å². The van der Waals surface area contributed by atoms with E-state index in [0.29, 0.717) is 11.6 Å². The lowest BCUT2D eigenvalue weighted by molar-refractivity contribution is -0.129. The minimum Gasteiger partial charge on any atom is -0.343 e. The number of carbonyl (C=O) groups is 1. The average molecular weight is 271 g/mol. The fourth-order valence-corrected chi connectivity index (χ4v) is 2.66. The Hall–Kier alpha value is -1.86. The summed E-state index contributed by atoms with van der Waals surface area (Å²) in [6.45, 7) is 5.45. The van der Waals surface area contributed by atoms with Crippen LogP contribution in [0.25, 0.3) is 0 Å². The van der Waals surface area contributed by atoms with Gasteiger partial charge in [0, 0.05) is 32.1 Å².